The quantitative estimate of drug-likeness (QED) is 0.330. The fourth-order valence-corrected chi connectivity index (χ4v) is 4.40. The summed E-state index contributed by atoms with van der Waals surface area (Å²) in [7, 11) is 0. The van der Waals surface area contributed by atoms with Gasteiger partial charge in [-0.2, -0.15) is 0 Å². The number of hydrogen-bond acceptors (Lipinski definition) is 6. The Kier molecular flexibility index (Phi) is 6.15. The Morgan fingerprint density at radius 2 is 1.91 bits per heavy atom. The molecule has 4 rings (SSSR count). The zero-order valence-corrected chi connectivity index (χ0v) is 19.7. The molecule has 9 heteroatoms. The van der Waals surface area contributed by atoms with Crippen LogP contribution in [0.4, 0.5) is 10.8 Å². The van der Waals surface area contributed by atoms with Gasteiger partial charge in [-0.15, -0.1) is 11.3 Å². The number of esters is 1. The van der Waals surface area contributed by atoms with Crippen LogP contribution in [0.25, 0.3) is 6.08 Å². The molecule has 32 heavy (non-hydrogen) atoms. The highest BCUT2D eigenvalue weighted by Gasteiger charge is 2.26. The van der Waals surface area contributed by atoms with Gasteiger partial charge in [0.2, 0.25) is 11.8 Å². The van der Waals surface area contributed by atoms with Gasteiger partial charge >= 0.3 is 5.97 Å². The topological polar surface area (TPSA) is 71.9 Å². The van der Waals surface area contributed by atoms with Gasteiger partial charge in [0, 0.05) is 17.3 Å². The number of anilines is 2. The van der Waals surface area contributed by atoms with Crippen molar-refractivity contribution in [3.63, 3.8) is 0 Å². The number of rotatable bonds is 4. The number of thiazole rings is 1. The number of aromatic nitrogens is 1. The molecule has 0 atom stereocenters. The SMILES string of the molecule is CC(=O)N(c1ccc(C)c(C)c1)c1nc(C=C2N=C(c3ccc(Cl)cc3Cl)OC2=O)cs1. The summed E-state index contributed by atoms with van der Waals surface area (Å²) in [5, 5.41) is 3.03. The van der Waals surface area contributed by atoms with E-state index in [0.29, 0.717) is 26.4 Å². The first-order valence-electron chi connectivity index (χ1n) is 9.54. The van der Waals surface area contributed by atoms with Crippen molar-refractivity contribution in [2.24, 2.45) is 4.99 Å². The number of aryl methyl sites for hydroxylation is 2. The molecule has 162 valence electrons. The van der Waals surface area contributed by atoms with Gasteiger partial charge in [0.15, 0.2) is 10.8 Å². The number of aliphatic imine (C=N–C) groups is 1. The predicted molar refractivity (Wildman–Crippen MR) is 128 cm³/mol. The van der Waals surface area contributed by atoms with Gasteiger partial charge in [-0.25, -0.2) is 14.8 Å². The van der Waals surface area contributed by atoms with E-state index < -0.39 is 5.97 Å². The number of nitrogens with zero attached hydrogens (tertiary/aromatic N) is 3. The average Bonchev–Trinajstić information content (AvgIpc) is 3.32. The molecule has 0 saturated carbocycles. The number of benzene rings is 2. The van der Waals surface area contributed by atoms with Gasteiger partial charge < -0.3 is 4.74 Å². The fraction of sp³-hybridized carbons (Fsp3) is 0.130. The zero-order valence-electron chi connectivity index (χ0n) is 17.3. The van der Waals surface area contributed by atoms with Crippen LogP contribution in [-0.4, -0.2) is 22.8 Å². The molecule has 1 aliphatic rings. The molecule has 0 aliphatic carbocycles. The Morgan fingerprint density at radius 1 is 1.12 bits per heavy atom. The van der Waals surface area contributed by atoms with Crippen molar-refractivity contribution >= 4 is 69.2 Å². The summed E-state index contributed by atoms with van der Waals surface area (Å²) in [6, 6.07) is 10.6. The minimum absolute atomic E-state index is 0.0865. The summed E-state index contributed by atoms with van der Waals surface area (Å²) in [6.45, 7) is 5.48. The second-order valence-electron chi connectivity index (χ2n) is 7.14. The molecule has 3 aromatic rings. The second-order valence-corrected chi connectivity index (χ2v) is 8.82. The van der Waals surface area contributed by atoms with Gasteiger partial charge in [0.1, 0.15) is 0 Å². The number of hydrogen-bond donors (Lipinski definition) is 0. The van der Waals surface area contributed by atoms with Crippen molar-refractivity contribution in [1.29, 1.82) is 0 Å². The number of halogens is 2. The minimum atomic E-state index is -0.613. The Labute approximate surface area is 198 Å². The van der Waals surface area contributed by atoms with E-state index >= 15 is 0 Å². The lowest BCUT2D eigenvalue weighted by atomic mass is 10.1. The number of ether oxygens (including phenoxy) is 1. The maximum atomic E-state index is 12.4. The predicted octanol–water partition coefficient (Wildman–Crippen LogP) is 6.10. The van der Waals surface area contributed by atoms with E-state index in [1.807, 2.05) is 32.0 Å². The maximum Gasteiger partial charge on any atom is 0.363 e. The van der Waals surface area contributed by atoms with E-state index in [-0.39, 0.29) is 17.5 Å². The first kappa shape index (κ1) is 22.2. The van der Waals surface area contributed by atoms with Crippen molar-refractivity contribution in [3.8, 4) is 0 Å². The number of carbonyl (C=O) groups is 2. The lowest BCUT2D eigenvalue weighted by molar-refractivity contribution is -0.130. The monoisotopic (exact) mass is 485 g/mol. The minimum Gasteiger partial charge on any atom is -0.402 e. The fourth-order valence-electron chi connectivity index (χ4n) is 3.06. The zero-order chi connectivity index (χ0) is 23.0. The van der Waals surface area contributed by atoms with Crippen molar-refractivity contribution in [3.05, 3.63) is 79.9 Å². The summed E-state index contributed by atoms with van der Waals surface area (Å²) in [5.74, 6) is -0.684. The standard InChI is InChI=1S/C23H17Cl2N3O3S/c1-12-4-6-17(8-13(12)2)28(14(3)29)23-26-16(11-32-23)10-20-22(30)31-21(27-20)18-7-5-15(24)9-19(18)25/h4-11H,1-3H3. The van der Waals surface area contributed by atoms with E-state index in [0.717, 1.165) is 16.8 Å². The molecule has 2 aromatic carbocycles. The highest BCUT2D eigenvalue weighted by atomic mass is 35.5. The first-order valence-corrected chi connectivity index (χ1v) is 11.2. The first-order chi connectivity index (χ1) is 15.2. The van der Waals surface area contributed by atoms with Crippen LogP contribution in [0.2, 0.25) is 10.0 Å². The Balaban J connectivity index is 1.65. The van der Waals surface area contributed by atoms with Crippen molar-refractivity contribution in [2.75, 3.05) is 4.90 Å². The van der Waals surface area contributed by atoms with E-state index in [4.69, 9.17) is 27.9 Å². The van der Waals surface area contributed by atoms with Crippen molar-refractivity contribution < 1.29 is 14.3 Å². The second kappa shape index (κ2) is 8.86. The normalized spacial score (nSPS) is 14.5. The third-order valence-electron chi connectivity index (χ3n) is 4.83. The van der Waals surface area contributed by atoms with Crippen LogP contribution in [0, 0.1) is 13.8 Å². The number of carbonyl (C=O) groups excluding carboxylic acids is 2. The van der Waals surface area contributed by atoms with E-state index in [1.165, 1.54) is 29.2 Å². The van der Waals surface area contributed by atoms with Gasteiger partial charge in [-0.05, 0) is 61.4 Å². The Bertz CT molecular complexity index is 1310. The summed E-state index contributed by atoms with van der Waals surface area (Å²) >= 11 is 13.4. The molecule has 1 aliphatic heterocycles. The van der Waals surface area contributed by atoms with Crippen molar-refractivity contribution in [1.82, 2.24) is 4.98 Å². The largest absolute Gasteiger partial charge is 0.402 e. The molecule has 1 amide bonds. The van der Waals surface area contributed by atoms with Crippen LogP contribution in [0.3, 0.4) is 0 Å². The van der Waals surface area contributed by atoms with E-state index in [9.17, 15) is 9.59 Å². The average molecular weight is 486 g/mol. The molecule has 6 nitrogen and oxygen atoms in total. The van der Waals surface area contributed by atoms with Crippen LogP contribution in [-0.2, 0) is 14.3 Å². The summed E-state index contributed by atoms with van der Waals surface area (Å²) in [5.41, 5.74) is 3.97. The summed E-state index contributed by atoms with van der Waals surface area (Å²) in [6.07, 6.45) is 1.51. The van der Waals surface area contributed by atoms with Gasteiger partial charge in [-0.1, -0.05) is 29.3 Å². The molecule has 2 heterocycles. The molecule has 0 fully saturated rings. The highest BCUT2D eigenvalue weighted by molar-refractivity contribution is 7.14. The molecule has 0 saturated heterocycles. The van der Waals surface area contributed by atoms with Crippen LogP contribution in [0.1, 0.15) is 29.3 Å². The van der Waals surface area contributed by atoms with Gasteiger partial charge in [0.05, 0.1) is 22.0 Å². The number of cyclic esters (lactones) is 1. The molecule has 0 bridgehead atoms. The van der Waals surface area contributed by atoms with Crippen LogP contribution in [0.15, 0.2) is 52.5 Å². The van der Waals surface area contributed by atoms with E-state index in [1.54, 1.807) is 23.6 Å². The van der Waals surface area contributed by atoms with Gasteiger partial charge in [-0.3, -0.25) is 9.69 Å². The molecule has 1 aromatic heterocycles. The molecule has 0 spiro atoms. The molecular formula is C23H17Cl2N3O3S. The smallest absolute Gasteiger partial charge is 0.363 e. The molecule has 0 unspecified atom stereocenters. The Hall–Kier alpha value is -3.00. The van der Waals surface area contributed by atoms with Crippen LogP contribution < -0.4 is 4.90 Å². The van der Waals surface area contributed by atoms with Crippen LogP contribution >= 0.6 is 34.5 Å². The molecule has 0 N–H and O–H groups in total. The summed E-state index contributed by atoms with van der Waals surface area (Å²) < 4.78 is 5.27. The third-order valence-corrected chi connectivity index (χ3v) is 6.22. The number of amides is 1. The van der Waals surface area contributed by atoms with Gasteiger partial charge in [0.25, 0.3) is 0 Å². The lowest BCUT2D eigenvalue weighted by Crippen LogP contribution is -2.22. The van der Waals surface area contributed by atoms with Crippen molar-refractivity contribution in [2.45, 2.75) is 20.8 Å². The highest BCUT2D eigenvalue weighted by Crippen LogP contribution is 2.32. The Morgan fingerprint density at radius 3 is 2.59 bits per heavy atom. The molecule has 0 radical (unpaired) electrons. The summed E-state index contributed by atoms with van der Waals surface area (Å²) in [4.78, 5) is 35.0. The maximum absolute atomic E-state index is 12.4. The molecular weight excluding hydrogens is 469 g/mol. The third kappa shape index (κ3) is 4.46. The van der Waals surface area contributed by atoms with Crippen LogP contribution in [0.5, 0.6) is 0 Å². The van der Waals surface area contributed by atoms with E-state index in [2.05, 4.69) is 9.98 Å². The lowest BCUT2D eigenvalue weighted by Gasteiger charge is -2.19.